The van der Waals surface area contributed by atoms with Gasteiger partial charge in [0.25, 0.3) is 0 Å². The van der Waals surface area contributed by atoms with Gasteiger partial charge < -0.3 is 5.11 Å². The number of aliphatic hydroxyl groups is 1. The van der Waals surface area contributed by atoms with Crippen molar-refractivity contribution in [2.75, 3.05) is 19.6 Å². The minimum Gasteiger partial charge on any atom is -0.384 e. The molecule has 1 unspecified atom stereocenters. The first-order valence-corrected chi connectivity index (χ1v) is 7.12. The van der Waals surface area contributed by atoms with E-state index in [0.717, 1.165) is 37.5 Å². The Morgan fingerprint density at radius 1 is 1.28 bits per heavy atom. The molecule has 0 radical (unpaired) electrons. The molecular weight excluding hydrogens is 222 g/mol. The molecule has 0 aromatic heterocycles. The zero-order valence-corrected chi connectivity index (χ0v) is 11.6. The lowest BCUT2D eigenvalue weighted by molar-refractivity contribution is 0.0144. The quantitative estimate of drug-likeness (QED) is 0.800. The van der Waals surface area contributed by atoms with Crippen molar-refractivity contribution in [3.63, 3.8) is 0 Å². The van der Waals surface area contributed by atoms with Gasteiger partial charge in [0.05, 0.1) is 5.60 Å². The average molecular weight is 247 g/mol. The molecule has 1 fully saturated rings. The first-order chi connectivity index (χ1) is 8.62. The largest absolute Gasteiger partial charge is 0.384 e. The minimum atomic E-state index is -0.745. The molecule has 1 aromatic rings. The standard InChI is InChI=1S/C16H25NO/c1-3-11-17(12-14-9-10-14)13-16(2,18)15-7-5-4-6-8-15/h4-8,14,18H,3,9-13H2,1-2H3. The molecule has 2 heteroatoms. The molecule has 1 aliphatic carbocycles. The van der Waals surface area contributed by atoms with E-state index < -0.39 is 5.60 Å². The second kappa shape index (κ2) is 5.85. The molecule has 0 heterocycles. The molecule has 2 rings (SSSR count). The first-order valence-electron chi connectivity index (χ1n) is 7.12. The smallest absolute Gasteiger partial charge is 0.0994 e. The van der Waals surface area contributed by atoms with Gasteiger partial charge in [-0.05, 0) is 44.2 Å². The van der Waals surface area contributed by atoms with E-state index in [-0.39, 0.29) is 0 Å². The summed E-state index contributed by atoms with van der Waals surface area (Å²) >= 11 is 0. The van der Waals surface area contributed by atoms with Crippen molar-refractivity contribution in [1.29, 1.82) is 0 Å². The van der Waals surface area contributed by atoms with E-state index in [2.05, 4.69) is 11.8 Å². The van der Waals surface area contributed by atoms with Crippen LogP contribution in [0.5, 0.6) is 0 Å². The summed E-state index contributed by atoms with van der Waals surface area (Å²) in [5, 5.41) is 10.7. The third-order valence-electron chi connectivity index (χ3n) is 3.68. The lowest BCUT2D eigenvalue weighted by Crippen LogP contribution is -2.40. The minimum absolute atomic E-state index is 0.737. The lowest BCUT2D eigenvalue weighted by atomic mass is 9.95. The Hall–Kier alpha value is -0.860. The van der Waals surface area contributed by atoms with E-state index in [4.69, 9.17) is 0 Å². The Morgan fingerprint density at radius 3 is 2.50 bits per heavy atom. The summed E-state index contributed by atoms with van der Waals surface area (Å²) in [4.78, 5) is 2.42. The SMILES string of the molecule is CCCN(CC1CC1)CC(C)(O)c1ccccc1. The van der Waals surface area contributed by atoms with Crippen LogP contribution in [-0.4, -0.2) is 29.6 Å². The molecule has 0 saturated heterocycles. The Morgan fingerprint density at radius 2 is 1.94 bits per heavy atom. The van der Waals surface area contributed by atoms with Crippen molar-refractivity contribution in [3.8, 4) is 0 Å². The van der Waals surface area contributed by atoms with Crippen LogP contribution in [0.1, 0.15) is 38.7 Å². The van der Waals surface area contributed by atoms with Gasteiger partial charge in [0.1, 0.15) is 0 Å². The zero-order valence-electron chi connectivity index (χ0n) is 11.6. The van der Waals surface area contributed by atoms with Crippen LogP contribution in [0, 0.1) is 5.92 Å². The van der Waals surface area contributed by atoms with Gasteiger partial charge in [-0.25, -0.2) is 0 Å². The fourth-order valence-corrected chi connectivity index (χ4v) is 2.54. The molecule has 0 bridgehead atoms. The molecule has 1 aromatic carbocycles. The van der Waals surface area contributed by atoms with Crippen LogP contribution in [0.25, 0.3) is 0 Å². The number of nitrogens with zero attached hydrogens (tertiary/aromatic N) is 1. The Labute approximate surface area is 111 Å². The third-order valence-corrected chi connectivity index (χ3v) is 3.68. The van der Waals surface area contributed by atoms with E-state index >= 15 is 0 Å². The van der Waals surface area contributed by atoms with Crippen LogP contribution in [0.15, 0.2) is 30.3 Å². The molecule has 2 nitrogen and oxygen atoms in total. The van der Waals surface area contributed by atoms with Crippen molar-refractivity contribution < 1.29 is 5.11 Å². The number of rotatable bonds is 7. The Bertz CT molecular complexity index is 357. The van der Waals surface area contributed by atoms with E-state index in [1.165, 1.54) is 12.8 Å². The second-order valence-corrected chi connectivity index (χ2v) is 5.82. The van der Waals surface area contributed by atoms with Crippen LogP contribution in [0.3, 0.4) is 0 Å². The number of benzene rings is 1. The summed E-state index contributed by atoms with van der Waals surface area (Å²) in [6.45, 7) is 7.10. The predicted octanol–water partition coefficient (Wildman–Crippen LogP) is 3.02. The molecule has 1 aliphatic rings. The van der Waals surface area contributed by atoms with Crippen molar-refractivity contribution in [3.05, 3.63) is 35.9 Å². The predicted molar refractivity (Wildman–Crippen MR) is 75.5 cm³/mol. The fourth-order valence-electron chi connectivity index (χ4n) is 2.54. The van der Waals surface area contributed by atoms with Gasteiger partial charge >= 0.3 is 0 Å². The maximum atomic E-state index is 10.7. The molecule has 1 atom stereocenters. The highest BCUT2D eigenvalue weighted by atomic mass is 16.3. The topological polar surface area (TPSA) is 23.5 Å². The molecule has 18 heavy (non-hydrogen) atoms. The Kier molecular flexibility index (Phi) is 4.41. The molecule has 1 saturated carbocycles. The summed E-state index contributed by atoms with van der Waals surface area (Å²) in [6, 6.07) is 10.0. The van der Waals surface area contributed by atoms with Crippen LogP contribution < -0.4 is 0 Å². The number of hydrogen-bond acceptors (Lipinski definition) is 2. The van der Waals surface area contributed by atoms with Crippen molar-refractivity contribution in [2.45, 2.75) is 38.7 Å². The summed E-state index contributed by atoms with van der Waals surface area (Å²) in [6.07, 6.45) is 3.89. The maximum absolute atomic E-state index is 10.7. The van der Waals surface area contributed by atoms with E-state index in [1.54, 1.807) is 0 Å². The molecule has 100 valence electrons. The highest BCUT2D eigenvalue weighted by Gasteiger charge is 2.29. The summed E-state index contributed by atoms with van der Waals surface area (Å²) in [5.41, 5.74) is 0.271. The lowest BCUT2D eigenvalue weighted by Gasteiger charge is -2.32. The van der Waals surface area contributed by atoms with Gasteiger partial charge in [0, 0.05) is 13.1 Å². The van der Waals surface area contributed by atoms with Crippen molar-refractivity contribution >= 4 is 0 Å². The highest BCUT2D eigenvalue weighted by molar-refractivity contribution is 5.21. The summed E-state index contributed by atoms with van der Waals surface area (Å²) in [5.74, 6) is 0.878. The van der Waals surface area contributed by atoms with E-state index in [1.807, 2.05) is 37.3 Å². The van der Waals surface area contributed by atoms with Gasteiger partial charge in [-0.15, -0.1) is 0 Å². The molecule has 0 aliphatic heterocycles. The molecule has 0 spiro atoms. The Balaban J connectivity index is 1.99. The fraction of sp³-hybridized carbons (Fsp3) is 0.625. The van der Waals surface area contributed by atoms with Crippen molar-refractivity contribution in [2.24, 2.45) is 5.92 Å². The van der Waals surface area contributed by atoms with Crippen LogP contribution >= 0.6 is 0 Å². The van der Waals surface area contributed by atoms with Crippen molar-refractivity contribution in [1.82, 2.24) is 4.90 Å². The number of hydrogen-bond donors (Lipinski definition) is 1. The molecule has 0 amide bonds. The maximum Gasteiger partial charge on any atom is 0.0994 e. The first kappa shape index (κ1) is 13.6. The normalized spacial score (nSPS) is 18.9. The average Bonchev–Trinajstić information content (AvgIpc) is 3.14. The summed E-state index contributed by atoms with van der Waals surface area (Å²) < 4.78 is 0. The van der Waals surface area contributed by atoms with Gasteiger partial charge in [0.15, 0.2) is 0 Å². The highest BCUT2D eigenvalue weighted by Crippen LogP contribution is 2.31. The van der Waals surface area contributed by atoms with Crippen LogP contribution in [-0.2, 0) is 5.60 Å². The third kappa shape index (κ3) is 3.82. The van der Waals surface area contributed by atoms with Crippen LogP contribution in [0.4, 0.5) is 0 Å². The van der Waals surface area contributed by atoms with Gasteiger partial charge in [-0.1, -0.05) is 37.3 Å². The van der Waals surface area contributed by atoms with E-state index in [9.17, 15) is 5.11 Å². The summed E-state index contributed by atoms with van der Waals surface area (Å²) in [7, 11) is 0. The zero-order chi connectivity index (χ0) is 13.0. The van der Waals surface area contributed by atoms with Gasteiger partial charge in [0.2, 0.25) is 0 Å². The van der Waals surface area contributed by atoms with Gasteiger partial charge in [-0.3, -0.25) is 4.90 Å². The second-order valence-electron chi connectivity index (χ2n) is 5.82. The van der Waals surface area contributed by atoms with E-state index in [0.29, 0.717) is 0 Å². The molecule has 1 N–H and O–H groups in total. The monoisotopic (exact) mass is 247 g/mol. The van der Waals surface area contributed by atoms with Gasteiger partial charge in [-0.2, -0.15) is 0 Å². The van der Waals surface area contributed by atoms with Crippen LogP contribution in [0.2, 0.25) is 0 Å². The molecular formula is C16H25NO.